The molecule has 0 spiro atoms. The molecule has 0 bridgehead atoms. The molecule has 1 aromatic rings. The molecular formula is C11H11BrO. The Morgan fingerprint density at radius 2 is 2.15 bits per heavy atom. The molecule has 68 valence electrons. The Morgan fingerprint density at radius 3 is 2.77 bits per heavy atom. The highest BCUT2D eigenvalue weighted by molar-refractivity contribution is 9.09. The van der Waals surface area contributed by atoms with Gasteiger partial charge in [-0.05, 0) is 30.7 Å². The molecule has 0 fully saturated rings. The van der Waals surface area contributed by atoms with Crippen molar-refractivity contribution in [3.05, 3.63) is 29.3 Å². The normalized spacial score (nSPS) is 9.08. The van der Waals surface area contributed by atoms with Crippen molar-refractivity contribution in [2.24, 2.45) is 0 Å². The average molecular weight is 239 g/mol. The van der Waals surface area contributed by atoms with E-state index in [-0.39, 0.29) is 5.75 Å². The zero-order chi connectivity index (χ0) is 9.68. The maximum atomic E-state index is 9.27. The number of aryl methyl sites for hydroxylation is 1. The zero-order valence-corrected chi connectivity index (χ0v) is 9.06. The van der Waals surface area contributed by atoms with Crippen LogP contribution in [0.4, 0.5) is 0 Å². The van der Waals surface area contributed by atoms with Crippen LogP contribution in [-0.2, 0) is 0 Å². The molecule has 0 unspecified atom stereocenters. The van der Waals surface area contributed by atoms with Gasteiger partial charge >= 0.3 is 0 Å². The van der Waals surface area contributed by atoms with Crippen LogP contribution in [0.25, 0.3) is 0 Å². The number of hydrogen-bond acceptors (Lipinski definition) is 1. The highest BCUT2D eigenvalue weighted by Gasteiger charge is 1.92. The fraction of sp³-hybridized carbons (Fsp3) is 0.273. The Hall–Kier alpha value is -0.940. The minimum absolute atomic E-state index is 0.281. The van der Waals surface area contributed by atoms with E-state index in [4.69, 9.17) is 0 Å². The fourth-order valence-electron chi connectivity index (χ4n) is 1.05. The quantitative estimate of drug-likeness (QED) is 0.590. The first-order valence-corrected chi connectivity index (χ1v) is 5.20. The van der Waals surface area contributed by atoms with Crippen molar-refractivity contribution in [1.82, 2.24) is 0 Å². The van der Waals surface area contributed by atoms with Gasteiger partial charge in [-0.3, -0.25) is 0 Å². The van der Waals surface area contributed by atoms with Gasteiger partial charge in [-0.1, -0.05) is 27.8 Å². The molecule has 2 heteroatoms. The number of phenolic OH excluding ortho intramolecular Hbond substituents is 1. The molecule has 0 aromatic heterocycles. The predicted octanol–water partition coefficient (Wildman–Crippen LogP) is 2.84. The maximum Gasteiger partial charge on any atom is 0.117 e. The van der Waals surface area contributed by atoms with Gasteiger partial charge in [0.1, 0.15) is 5.75 Å². The molecule has 0 aliphatic heterocycles. The highest BCUT2D eigenvalue weighted by atomic mass is 79.9. The molecule has 0 aliphatic rings. The Balaban J connectivity index is 2.85. The van der Waals surface area contributed by atoms with E-state index >= 15 is 0 Å². The van der Waals surface area contributed by atoms with Crippen LogP contribution in [-0.4, -0.2) is 10.4 Å². The third kappa shape index (κ3) is 3.52. The summed E-state index contributed by atoms with van der Waals surface area (Å²) in [6, 6.07) is 5.35. The van der Waals surface area contributed by atoms with Gasteiger partial charge in [-0.25, -0.2) is 0 Å². The Kier molecular flexibility index (Phi) is 3.85. The van der Waals surface area contributed by atoms with Crippen LogP contribution in [0.1, 0.15) is 17.5 Å². The minimum Gasteiger partial charge on any atom is -0.508 e. The molecule has 0 aliphatic carbocycles. The number of aromatic hydroxyl groups is 1. The van der Waals surface area contributed by atoms with Crippen LogP contribution in [0.5, 0.6) is 5.75 Å². The molecule has 0 radical (unpaired) electrons. The lowest BCUT2D eigenvalue weighted by Crippen LogP contribution is -1.78. The van der Waals surface area contributed by atoms with E-state index in [2.05, 4.69) is 27.8 Å². The van der Waals surface area contributed by atoms with Crippen LogP contribution >= 0.6 is 15.9 Å². The second-order valence-corrected chi connectivity index (χ2v) is 3.59. The lowest BCUT2D eigenvalue weighted by Gasteiger charge is -1.96. The lowest BCUT2D eigenvalue weighted by molar-refractivity contribution is 0.474. The zero-order valence-electron chi connectivity index (χ0n) is 7.47. The second kappa shape index (κ2) is 4.94. The van der Waals surface area contributed by atoms with E-state index in [1.165, 1.54) is 0 Å². The molecule has 1 N–H and O–H groups in total. The van der Waals surface area contributed by atoms with Crippen molar-refractivity contribution in [1.29, 1.82) is 0 Å². The molecule has 1 nitrogen and oxygen atoms in total. The standard InChI is InChI=1S/C11H11BrO/c1-9-6-10(4-2-3-5-12)8-11(13)7-9/h6-8,13H,3,5H2,1H3. The third-order valence-electron chi connectivity index (χ3n) is 1.51. The number of halogens is 1. The molecule has 1 rings (SSSR count). The van der Waals surface area contributed by atoms with Crippen LogP contribution in [0.2, 0.25) is 0 Å². The third-order valence-corrected chi connectivity index (χ3v) is 1.91. The van der Waals surface area contributed by atoms with Gasteiger partial charge in [-0.15, -0.1) is 0 Å². The average Bonchev–Trinajstić information content (AvgIpc) is 2.03. The molecule has 0 saturated heterocycles. The van der Waals surface area contributed by atoms with Crippen LogP contribution in [0.15, 0.2) is 18.2 Å². The van der Waals surface area contributed by atoms with E-state index in [0.29, 0.717) is 0 Å². The van der Waals surface area contributed by atoms with Crippen LogP contribution < -0.4 is 0 Å². The van der Waals surface area contributed by atoms with Crippen molar-refractivity contribution in [3.63, 3.8) is 0 Å². The monoisotopic (exact) mass is 238 g/mol. The fourth-order valence-corrected chi connectivity index (χ4v) is 1.25. The first-order valence-electron chi connectivity index (χ1n) is 4.08. The summed E-state index contributed by atoms with van der Waals surface area (Å²) in [7, 11) is 0. The summed E-state index contributed by atoms with van der Waals surface area (Å²) in [4.78, 5) is 0. The smallest absolute Gasteiger partial charge is 0.117 e. The SMILES string of the molecule is Cc1cc(O)cc(C#CCCBr)c1. The van der Waals surface area contributed by atoms with Gasteiger partial charge in [0.25, 0.3) is 0 Å². The number of phenols is 1. The number of alkyl halides is 1. The van der Waals surface area contributed by atoms with Gasteiger partial charge in [-0.2, -0.15) is 0 Å². The first kappa shape index (κ1) is 10.1. The van der Waals surface area contributed by atoms with Crippen molar-refractivity contribution in [2.75, 3.05) is 5.33 Å². The molecular weight excluding hydrogens is 228 g/mol. The Morgan fingerprint density at radius 1 is 1.38 bits per heavy atom. The molecule has 0 saturated carbocycles. The molecule has 0 heterocycles. The highest BCUT2D eigenvalue weighted by Crippen LogP contribution is 2.13. The van der Waals surface area contributed by atoms with Gasteiger partial charge in [0, 0.05) is 17.3 Å². The summed E-state index contributed by atoms with van der Waals surface area (Å²) in [5, 5.41) is 10.2. The molecule has 13 heavy (non-hydrogen) atoms. The number of hydrogen-bond donors (Lipinski definition) is 1. The van der Waals surface area contributed by atoms with Crippen molar-refractivity contribution in [3.8, 4) is 17.6 Å². The van der Waals surface area contributed by atoms with E-state index in [1.54, 1.807) is 12.1 Å². The summed E-state index contributed by atoms with van der Waals surface area (Å²) in [5.74, 6) is 6.27. The van der Waals surface area contributed by atoms with Gasteiger partial charge in [0.05, 0.1) is 0 Å². The predicted molar refractivity (Wildman–Crippen MR) is 58.1 cm³/mol. The molecule has 1 aromatic carbocycles. The molecule has 0 amide bonds. The summed E-state index contributed by atoms with van der Waals surface area (Å²) < 4.78 is 0. The summed E-state index contributed by atoms with van der Waals surface area (Å²) in [6.07, 6.45) is 0.828. The second-order valence-electron chi connectivity index (χ2n) is 2.80. The maximum absolute atomic E-state index is 9.27. The largest absolute Gasteiger partial charge is 0.508 e. The summed E-state index contributed by atoms with van der Waals surface area (Å²) in [6.45, 7) is 1.94. The van der Waals surface area contributed by atoms with Gasteiger partial charge in [0.15, 0.2) is 0 Å². The topological polar surface area (TPSA) is 20.2 Å². The van der Waals surface area contributed by atoms with Gasteiger partial charge in [0.2, 0.25) is 0 Å². The number of rotatable bonds is 1. The van der Waals surface area contributed by atoms with Crippen molar-refractivity contribution in [2.45, 2.75) is 13.3 Å². The van der Waals surface area contributed by atoms with Crippen molar-refractivity contribution >= 4 is 15.9 Å². The Bertz CT molecular complexity index is 327. The van der Waals surface area contributed by atoms with E-state index in [0.717, 1.165) is 22.9 Å². The Labute approximate surface area is 86.9 Å². The minimum atomic E-state index is 0.281. The first-order chi connectivity index (χ1) is 6.22. The molecule has 0 atom stereocenters. The van der Waals surface area contributed by atoms with Crippen LogP contribution in [0, 0.1) is 18.8 Å². The van der Waals surface area contributed by atoms with E-state index in [1.807, 2.05) is 13.0 Å². The van der Waals surface area contributed by atoms with Gasteiger partial charge < -0.3 is 5.11 Å². The number of benzene rings is 1. The summed E-state index contributed by atoms with van der Waals surface area (Å²) in [5.41, 5.74) is 1.90. The van der Waals surface area contributed by atoms with E-state index in [9.17, 15) is 5.11 Å². The summed E-state index contributed by atoms with van der Waals surface area (Å²) >= 11 is 3.30. The van der Waals surface area contributed by atoms with E-state index < -0.39 is 0 Å². The van der Waals surface area contributed by atoms with Crippen LogP contribution in [0.3, 0.4) is 0 Å². The van der Waals surface area contributed by atoms with Crippen molar-refractivity contribution < 1.29 is 5.11 Å². The lowest BCUT2D eigenvalue weighted by atomic mass is 10.1.